The highest BCUT2D eigenvalue weighted by molar-refractivity contribution is 7.89. The second-order valence-corrected chi connectivity index (χ2v) is 8.80. The standard InChI is InChI=1S/C18H21ClN2O5S/c1-12-10-21(11-13(2)26-12)27(23,24)17-8-14(5-6-16(17)19)18(22)20-9-15-4-3-7-25-15/h3-8,12-13H,9-11H2,1-2H3,(H,20,22)/t12-,13-/m1/s1. The van der Waals surface area contributed by atoms with Crippen LogP contribution in [0.15, 0.2) is 45.9 Å². The van der Waals surface area contributed by atoms with Crippen LogP contribution in [0.1, 0.15) is 30.0 Å². The molecule has 0 radical (unpaired) electrons. The van der Waals surface area contributed by atoms with Gasteiger partial charge in [0.05, 0.1) is 30.0 Å². The molecule has 1 aromatic heterocycles. The molecule has 27 heavy (non-hydrogen) atoms. The number of benzene rings is 1. The molecule has 2 aromatic rings. The van der Waals surface area contributed by atoms with Crippen molar-refractivity contribution in [1.29, 1.82) is 0 Å². The molecule has 1 fully saturated rings. The van der Waals surface area contributed by atoms with Crippen molar-refractivity contribution in [2.75, 3.05) is 13.1 Å². The summed E-state index contributed by atoms with van der Waals surface area (Å²) in [7, 11) is -3.85. The van der Waals surface area contributed by atoms with E-state index in [1.807, 2.05) is 13.8 Å². The van der Waals surface area contributed by atoms with E-state index in [-0.39, 0.29) is 47.3 Å². The molecule has 1 aromatic carbocycles. The van der Waals surface area contributed by atoms with Crippen molar-refractivity contribution in [1.82, 2.24) is 9.62 Å². The summed E-state index contributed by atoms with van der Waals surface area (Å²) in [6, 6.07) is 7.67. The molecular weight excluding hydrogens is 392 g/mol. The molecule has 7 nitrogen and oxygen atoms in total. The summed E-state index contributed by atoms with van der Waals surface area (Å²) in [6.45, 7) is 4.31. The first-order valence-electron chi connectivity index (χ1n) is 8.53. The van der Waals surface area contributed by atoms with Gasteiger partial charge in [0, 0.05) is 18.7 Å². The first-order chi connectivity index (χ1) is 12.8. The van der Waals surface area contributed by atoms with Gasteiger partial charge < -0.3 is 14.5 Å². The average Bonchev–Trinajstić information content (AvgIpc) is 3.12. The Morgan fingerprint density at radius 1 is 1.26 bits per heavy atom. The largest absolute Gasteiger partial charge is 0.467 e. The number of rotatable bonds is 5. The van der Waals surface area contributed by atoms with Crippen molar-refractivity contribution in [3.63, 3.8) is 0 Å². The van der Waals surface area contributed by atoms with E-state index in [0.717, 1.165) is 0 Å². The van der Waals surface area contributed by atoms with Crippen LogP contribution >= 0.6 is 11.6 Å². The second-order valence-electron chi connectivity index (χ2n) is 6.49. The highest BCUT2D eigenvalue weighted by Gasteiger charge is 2.33. The Bertz CT molecular complexity index is 904. The highest BCUT2D eigenvalue weighted by Crippen LogP contribution is 2.28. The van der Waals surface area contributed by atoms with Crippen molar-refractivity contribution in [2.45, 2.75) is 37.5 Å². The number of morpholine rings is 1. The van der Waals surface area contributed by atoms with Gasteiger partial charge in [-0.1, -0.05) is 11.6 Å². The number of sulfonamides is 1. The molecule has 0 aliphatic carbocycles. The Morgan fingerprint density at radius 3 is 2.59 bits per heavy atom. The van der Waals surface area contributed by atoms with E-state index in [4.69, 9.17) is 20.8 Å². The molecule has 2 heterocycles. The maximum atomic E-state index is 13.1. The Hall–Kier alpha value is -1.87. The van der Waals surface area contributed by atoms with Crippen molar-refractivity contribution in [3.8, 4) is 0 Å². The van der Waals surface area contributed by atoms with Crippen LogP contribution in [-0.4, -0.2) is 43.9 Å². The van der Waals surface area contributed by atoms with E-state index >= 15 is 0 Å². The molecule has 0 bridgehead atoms. The molecule has 1 aliphatic heterocycles. The lowest BCUT2D eigenvalue weighted by Crippen LogP contribution is -2.48. The second kappa shape index (κ2) is 8.02. The van der Waals surface area contributed by atoms with Crippen molar-refractivity contribution >= 4 is 27.5 Å². The summed E-state index contributed by atoms with van der Waals surface area (Å²) < 4.78 is 38.2. The number of furan rings is 1. The topological polar surface area (TPSA) is 88.9 Å². The normalized spacial score (nSPS) is 21.1. The molecule has 1 aliphatic rings. The Morgan fingerprint density at radius 2 is 1.96 bits per heavy atom. The highest BCUT2D eigenvalue weighted by atomic mass is 35.5. The predicted molar refractivity (Wildman–Crippen MR) is 100 cm³/mol. The maximum Gasteiger partial charge on any atom is 0.251 e. The molecule has 0 spiro atoms. The molecule has 2 atom stereocenters. The lowest BCUT2D eigenvalue weighted by atomic mass is 10.2. The lowest BCUT2D eigenvalue weighted by Gasteiger charge is -2.34. The van der Waals surface area contributed by atoms with E-state index in [0.29, 0.717) is 5.76 Å². The summed E-state index contributed by atoms with van der Waals surface area (Å²) >= 11 is 6.15. The van der Waals surface area contributed by atoms with Crippen LogP contribution in [0.2, 0.25) is 5.02 Å². The number of hydrogen-bond donors (Lipinski definition) is 1. The molecule has 0 unspecified atom stereocenters. The zero-order valence-electron chi connectivity index (χ0n) is 15.0. The fraction of sp³-hybridized carbons (Fsp3) is 0.389. The molecule has 1 saturated heterocycles. The number of halogens is 1. The SMILES string of the molecule is C[C@@H]1CN(S(=O)(=O)c2cc(C(=O)NCc3ccco3)ccc2Cl)C[C@@H](C)O1. The van der Waals surface area contributed by atoms with Crippen molar-refractivity contribution < 1.29 is 22.4 Å². The van der Waals surface area contributed by atoms with Gasteiger partial charge in [0.2, 0.25) is 10.0 Å². The lowest BCUT2D eigenvalue weighted by molar-refractivity contribution is -0.0440. The van der Waals surface area contributed by atoms with Gasteiger partial charge in [-0.2, -0.15) is 4.31 Å². The third-order valence-electron chi connectivity index (χ3n) is 4.20. The van der Waals surface area contributed by atoms with Crippen LogP contribution < -0.4 is 5.32 Å². The van der Waals surface area contributed by atoms with E-state index in [1.165, 1.54) is 28.8 Å². The van der Waals surface area contributed by atoms with Crippen molar-refractivity contribution in [3.05, 3.63) is 52.9 Å². The fourth-order valence-corrected chi connectivity index (χ4v) is 5.08. The van der Waals surface area contributed by atoms with Crippen LogP contribution in [-0.2, 0) is 21.3 Å². The molecule has 3 rings (SSSR count). The maximum absolute atomic E-state index is 13.1. The zero-order chi connectivity index (χ0) is 19.6. The minimum absolute atomic E-state index is 0.0735. The third-order valence-corrected chi connectivity index (χ3v) is 6.51. The van der Waals surface area contributed by atoms with Gasteiger partial charge >= 0.3 is 0 Å². The third kappa shape index (κ3) is 4.52. The first-order valence-corrected chi connectivity index (χ1v) is 10.3. The van der Waals surface area contributed by atoms with Gasteiger partial charge in [0.25, 0.3) is 5.91 Å². The van der Waals surface area contributed by atoms with Gasteiger partial charge in [0.15, 0.2) is 0 Å². The van der Waals surface area contributed by atoms with E-state index in [9.17, 15) is 13.2 Å². The van der Waals surface area contributed by atoms with E-state index in [2.05, 4.69) is 5.32 Å². The predicted octanol–water partition coefficient (Wildman–Crippen LogP) is 2.66. The molecule has 0 saturated carbocycles. The number of hydrogen-bond acceptors (Lipinski definition) is 5. The fourth-order valence-electron chi connectivity index (χ4n) is 2.99. The number of nitrogens with zero attached hydrogens (tertiary/aromatic N) is 1. The number of nitrogens with one attached hydrogen (secondary N) is 1. The Labute approximate surface area is 163 Å². The van der Waals surface area contributed by atoms with Gasteiger partial charge in [-0.25, -0.2) is 8.42 Å². The van der Waals surface area contributed by atoms with E-state index in [1.54, 1.807) is 12.1 Å². The summed E-state index contributed by atoms with van der Waals surface area (Å²) in [5.41, 5.74) is 0.207. The Balaban J connectivity index is 1.82. The van der Waals surface area contributed by atoms with Gasteiger partial charge in [0.1, 0.15) is 10.7 Å². The quantitative estimate of drug-likeness (QED) is 0.815. The summed E-state index contributed by atoms with van der Waals surface area (Å²) in [4.78, 5) is 12.3. The van der Waals surface area contributed by atoms with Crippen LogP contribution in [0.25, 0.3) is 0 Å². The summed E-state index contributed by atoms with van der Waals surface area (Å²) in [5, 5.41) is 2.76. The van der Waals surface area contributed by atoms with Crippen molar-refractivity contribution in [2.24, 2.45) is 0 Å². The zero-order valence-corrected chi connectivity index (χ0v) is 16.6. The number of amides is 1. The van der Waals surface area contributed by atoms with Crippen LogP contribution in [0.3, 0.4) is 0 Å². The summed E-state index contributed by atoms with van der Waals surface area (Å²) in [6.07, 6.45) is 1.07. The minimum atomic E-state index is -3.85. The van der Waals surface area contributed by atoms with E-state index < -0.39 is 15.9 Å². The summed E-state index contributed by atoms with van der Waals surface area (Å²) in [5.74, 6) is 0.185. The molecule has 9 heteroatoms. The van der Waals surface area contributed by atoms with Crippen LogP contribution in [0.4, 0.5) is 0 Å². The number of ether oxygens (including phenoxy) is 1. The Kier molecular flexibility index (Phi) is 5.90. The van der Waals surface area contributed by atoms with Gasteiger partial charge in [-0.3, -0.25) is 4.79 Å². The van der Waals surface area contributed by atoms with Gasteiger partial charge in [-0.15, -0.1) is 0 Å². The molecule has 1 amide bonds. The molecule has 1 N–H and O–H groups in total. The van der Waals surface area contributed by atoms with Crippen LogP contribution in [0.5, 0.6) is 0 Å². The molecule has 146 valence electrons. The number of carbonyl (C=O) groups is 1. The minimum Gasteiger partial charge on any atom is -0.467 e. The smallest absolute Gasteiger partial charge is 0.251 e. The molecular formula is C18H21ClN2O5S. The van der Waals surface area contributed by atoms with Crippen LogP contribution in [0, 0.1) is 0 Å². The monoisotopic (exact) mass is 412 g/mol. The average molecular weight is 413 g/mol. The van der Waals surface area contributed by atoms with Gasteiger partial charge in [-0.05, 0) is 44.2 Å². The number of carbonyl (C=O) groups excluding carboxylic acids is 1. The first kappa shape index (κ1) is 19.9.